The Bertz CT molecular complexity index is 295. The molecule has 0 N–H and O–H groups in total. The van der Waals surface area contributed by atoms with Gasteiger partial charge in [-0.15, -0.1) is 0 Å². The van der Waals surface area contributed by atoms with Crippen LogP contribution in [0.4, 0.5) is 0 Å². The number of nitrogens with zero attached hydrogens (tertiary/aromatic N) is 2. The Morgan fingerprint density at radius 1 is 1.31 bits per heavy atom. The lowest BCUT2D eigenvalue weighted by atomic mass is 10.1. The molecule has 0 saturated carbocycles. The lowest BCUT2D eigenvalue weighted by Crippen LogP contribution is -2.45. The van der Waals surface area contributed by atoms with Crippen LogP contribution in [0.5, 0.6) is 0 Å². The van der Waals surface area contributed by atoms with E-state index in [0.717, 1.165) is 19.4 Å². The predicted molar refractivity (Wildman–Crippen MR) is 67.0 cm³/mol. The molecule has 0 bridgehead atoms. The second-order valence-corrected chi connectivity index (χ2v) is 6.71. The van der Waals surface area contributed by atoms with E-state index >= 15 is 0 Å². The number of hydrogen-bond acceptors (Lipinski definition) is 3. The summed E-state index contributed by atoms with van der Waals surface area (Å²) in [6, 6.07) is 0.560. The minimum Gasteiger partial charge on any atom is -0.303 e. The number of sulfonamides is 1. The topological polar surface area (TPSA) is 40.6 Å². The van der Waals surface area contributed by atoms with Gasteiger partial charge in [0, 0.05) is 19.1 Å². The minimum atomic E-state index is -2.98. The van der Waals surface area contributed by atoms with Crippen LogP contribution in [0.15, 0.2) is 0 Å². The van der Waals surface area contributed by atoms with E-state index in [1.54, 1.807) is 4.31 Å². The van der Waals surface area contributed by atoms with Crippen molar-refractivity contribution in [2.45, 2.75) is 38.6 Å². The highest BCUT2D eigenvalue weighted by Crippen LogP contribution is 2.17. The molecule has 1 aliphatic heterocycles. The summed E-state index contributed by atoms with van der Waals surface area (Å²) in [5, 5.41) is 0. The van der Waals surface area contributed by atoms with Gasteiger partial charge in [0.05, 0.1) is 6.26 Å². The summed E-state index contributed by atoms with van der Waals surface area (Å²) < 4.78 is 24.3. The van der Waals surface area contributed by atoms with E-state index in [4.69, 9.17) is 0 Å². The van der Waals surface area contributed by atoms with Gasteiger partial charge in [-0.2, -0.15) is 0 Å². The predicted octanol–water partition coefficient (Wildman–Crippen LogP) is 1.14. The molecule has 1 fully saturated rings. The van der Waals surface area contributed by atoms with Crippen LogP contribution in [0, 0.1) is 0 Å². The molecule has 0 spiro atoms. The number of rotatable bonds is 5. The van der Waals surface area contributed by atoms with Gasteiger partial charge < -0.3 is 4.90 Å². The number of unbranched alkanes of at least 4 members (excludes halogenated alkanes) is 1. The maximum absolute atomic E-state index is 11.3. The molecular weight excluding hydrogens is 224 g/mol. The van der Waals surface area contributed by atoms with E-state index in [0.29, 0.717) is 19.1 Å². The average Bonchev–Trinajstić information content (AvgIpc) is 2.25. The first-order chi connectivity index (χ1) is 7.45. The molecule has 0 aromatic heterocycles. The second-order valence-electron chi connectivity index (χ2n) is 4.73. The quantitative estimate of drug-likeness (QED) is 0.732. The molecule has 0 radical (unpaired) electrons. The van der Waals surface area contributed by atoms with Gasteiger partial charge in [-0.25, -0.2) is 12.7 Å². The molecule has 1 saturated heterocycles. The third kappa shape index (κ3) is 4.03. The van der Waals surface area contributed by atoms with Gasteiger partial charge in [-0.1, -0.05) is 13.3 Å². The van der Waals surface area contributed by atoms with E-state index in [-0.39, 0.29) is 0 Å². The molecule has 0 aromatic carbocycles. The molecule has 0 amide bonds. The van der Waals surface area contributed by atoms with Crippen molar-refractivity contribution in [1.82, 2.24) is 9.21 Å². The summed E-state index contributed by atoms with van der Waals surface area (Å²) in [4.78, 5) is 2.38. The van der Waals surface area contributed by atoms with Crippen molar-refractivity contribution in [2.75, 3.05) is 32.9 Å². The number of piperidine rings is 1. The lowest BCUT2D eigenvalue weighted by molar-refractivity contribution is 0.167. The van der Waals surface area contributed by atoms with Gasteiger partial charge in [0.25, 0.3) is 0 Å². The zero-order valence-corrected chi connectivity index (χ0v) is 11.5. The Balaban J connectivity index is 2.37. The Hall–Kier alpha value is -0.130. The summed E-state index contributed by atoms with van der Waals surface area (Å²) in [6.07, 6.45) is 5.67. The first kappa shape index (κ1) is 13.9. The first-order valence-electron chi connectivity index (χ1n) is 6.10. The van der Waals surface area contributed by atoms with Gasteiger partial charge >= 0.3 is 0 Å². The Labute approximate surface area is 99.7 Å². The van der Waals surface area contributed by atoms with Crippen molar-refractivity contribution < 1.29 is 8.42 Å². The van der Waals surface area contributed by atoms with Crippen molar-refractivity contribution in [3.05, 3.63) is 0 Å². The van der Waals surface area contributed by atoms with Crippen LogP contribution < -0.4 is 0 Å². The Morgan fingerprint density at radius 3 is 2.31 bits per heavy atom. The Morgan fingerprint density at radius 2 is 1.88 bits per heavy atom. The summed E-state index contributed by atoms with van der Waals surface area (Å²) in [5.41, 5.74) is 0. The molecule has 96 valence electrons. The summed E-state index contributed by atoms with van der Waals surface area (Å²) in [7, 11) is -0.828. The fourth-order valence-corrected chi connectivity index (χ4v) is 3.08. The monoisotopic (exact) mass is 248 g/mol. The number of hydrogen-bond donors (Lipinski definition) is 0. The van der Waals surface area contributed by atoms with Crippen LogP contribution >= 0.6 is 0 Å². The summed E-state index contributed by atoms with van der Waals surface area (Å²) >= 11 is 0. The van der Waals surface area contributed by atoms with Crippen molar-refractivity contribution in [2.24, 2.45) is 0 Å². The normalized spacial score (nSPS) is 20.5. The smallest absolute Gasteiger partial charge is 0.211 e. The van der Waals surface area contributed by atoms with E-state index in [1.807, 2.05) is 0 Å². The molecule has 0 atom stereocenters. The van der Waals surface area contributed by atoms with Crippen LogP contribution in [0.25, 0.3) is 0 Å². The van der Waals surface area contributed by atoms with E-state index in [2.05, 4.69) is 18.9 Å². The van der Waals surface area contributed by atoms with Crippen molar-refractivity contribution in [3.8, 4) is 0 Å². The third-order valence-corrected chi connectivity index (χ3v) is 4.68. The van der Waals surface area contributed by atoms with Crippen molar-refractivity contribution in [3.63, 3.8) is 0 Å². The zero-order valence-electron chi connectivity index (χ0n) is 10.6. The third-order valence-electron chi connectivity index (χ3n) is 3.38. The largest absolute Gasteiger partial charge is 0.303 e. The minimum absolute atomic E-state index is 0.560. The van der Waals surface area contributed by atoms with Crippen molar-refractivity contribution in [1.29, 1.82) is 0 Å². The molecule has 16 heavy (non-hydrogen) atoms. The zero-order chi connectivity index (χ0) is 12.2. The lowest BCUT2D eigenvalue weighted by Gasteiger charge is -2.35. The molecule has 0 aromatic rings. The van der Waals surface area contributed by atoms with Gasteiger partial charge in [-0.3, -0.25) is 0 Å². The Kier molecular flexibility index (Phi) is 5.21. The molecule has 5 heteroatoms. The van der Waals surface area contributed by atoms with Crippen LogP contribution in [0.3, 0.4) is 0 Å². The van der Waals surface area contributed by atoms with Gasteiger partial charge in [-0.05, 0) is 32.9 Å². The van der Waals surface area contributed by atoms with E-state index in [1.165, 1.54) is 19.1 Å². The maximum Gasteiger partial charge on any atom is 0.211 e. The summed E-state index contributed by atoms with van der Waals surface area (Å²) in [5.74, 6) is 0. The van der Waals surface area contributed by atoms with Crippen LogP contribution in [0.2, 0.25) is 0 Å². The van der Waals surface area contributed by atoms with E-state index in [9.17, 15) is 8.42 Å². The standard InChI is InChI=1S/C11H24N2O2S/c1-4-5-8-12(2)11-6-9-13(10-7-11)16(3,14)15/h11H,4-10H2,1-3H3. The molecule has 4 nitrogen and oxygen atoms in total. The highest BCUT2D eigenvalue weighted by atomic mass is 32.2. The molecule has 1 aliphatic rings. The molecule has 0 unspecified atom stereocenters. The van der Waals surface area contributed by atoms with Gasteiger partial charge in [0.1, 0.15) is 0 Å². The van der Waals surface area contributed by atoms with Crippen molar-refractivity contribution >= 4 is 10.0 Å². The molecule has 1 rings (SSSR count). The fraction of sp³-hybridized carbons (Fsp3) is 1.00. The van der Waals surface area contributed by atoms with E-state index < -0.39 is 10.0 Å². The maximum atomic E-state index is 11.3. The molecular formula is C11H24N2O2S. The molecule has 0 aliphatic carbocycles. The highest BCUT2D eigenvalue weighted by Gasteiger charge is 2.26. The summed E-state index contributed by atoms with van der Waals surface area (Å²) in [6.45, 7) is 4.68. The highest BCUT2D eigenvalue weighted by molar-refractivity contribution is 7.88. The van der Waals surface area contributed by atoms with Crippen LogP contribution in [-0.4, -0.2) is 56.6 Å². The van der Waals surface area contributed by atoms with Gasteiger partial charge in [0.15, 0.2) is 0 Å². The average molecular weight is 248 g/mol. The van der Waals surface area contributed by atoms with Crippen LogP contribution in [0.1, 0.15) is 32.6 Å². The SMILES string of the molecule is CCCCN(C)C1CCN(S(C)(=O)=O)CC1. The fourth-order valence-electron chi connectivity index (χ4n) is 2.20. The van der Waals surface area contributed by atoms with Gasteiger partial charge in [0.2, 0.25) is 10.0 Å². The second kappa shape index (κ2) is 5.98. The first-order valence-corrected chi connectivity index (χ1v) is 7.95. The van der Waals surface area contributed by atoms with Crippen LogP contribution in [-0.2, 0) is 10.0 Å². The molecule has 1 heterocycles.